The number of methoxy groups -OCH3 is 1. The number of aliphatic hydroxyl groups excluding tert-OH is 2. The van der Waals surface area contributed by atoms with Crippen LogP contribution in [0.5, 0.6) is 5.75 Å². The van der Waals surface area contributed by atoms with E-state index in [9.17, 15) is 0 Å². The second-order valence-electron chi connectivity index (χ2n) is 4.15. The van der Waals surface area contributed by atoms with E-state index in [1.165, 1.54) is 0 Å². The lowest BCUT2D eigenvalue weighted by atomic mass is 10.1. The lowest BCUT2D eigenvalue weighted by molar-refractivity contribution is 0.0306. The first kappa shape index (κ1) is 12.9. The Bertz CT molecular complexity index is 506. The van der Waals surface area contributed by atoms with Gasteiger partial charge in [-0.15, -0.1) is 0 Å². The van der Waals surface area contributed by atoms with Gasteiger partial charge in [-0.2, -0.15) is 0 Å². The zero-order valence-electron chi connectivity index (χ0n) is 10.4. The molecular formula is C13H18N2O3. The molecule has 0 aliphatic carbocycles. The normalized spacial score (nSPS) is 11.3. The van der Waals surface area contributed by atoms with Crippen LogP contribution >= 0.6 is 0 Å². The number of rotatable bonds is 6. The Morgan fingerprint density at radius 2 is 2.06 bits per heavy atom. The predicted octanol–water partition coefficient (Wildman–Crippen LogP) is 0.921. The third kappa shape index (κ3) is 2.64. The highest BCUT2D eigenvalue weighted by Gasteiger charge is 2.07. The Kier molecular flexibility index (Phi) is 4.19. The van der Waals surface area contributed by atoms with E-state index in [-0.39, 0.29) is 13.5 Å². The summed E-state index contributed by atoms with van der Waals surface area (Å²) in [4.78, 5) is 4.75. The number of H-pyrrole nitrogens is 1. The molecule has 18 heavy (non-hydrogen) atoms. The van der Waals surface area contributed by atoms with Crippen molar-refractivity contribution in [2.24, 2.45) is 0 Å². The standard InChI is InChI=1S/C13H18N2O3/c1-18-11-2-3-13-12(6-11)10(7-14-13)4-5-15(8-16)9-17/h2-3,6-7,14,16-17H,4-5,8-9H2,1H3. The molecule has 1 heterocycles. The fourth-order valence-corrected chi connectivity index (χ4v) is 1.96. The molecule has 0 radical (unpaired) electrons. The summed E-state index contributed by atoms with van der Waals surface area (Å²) in [5, 5.41) is 19.1. The van der Waals surface area contributed by atoms with E-state index < -0.39 is 0 Å². The largest absolute Gasteiger partial charge is 0.497 e. The van der Waals surface area contributed by atoms with Crippen LogP contribution in [0.25, 0.3) is 10.9 Å². The highest BCUT2D eigenvalue weighted by atomic mass is 16.5. The van der Waals surface area contributed by atoms with Crippen LogP contribution in [-0.4, -0.2) is 47.2 Å². The predicted molar refractivity (Wildman–Crippen MR) is 69.4 cm³/mol. The Balaban J connectivity index is 2.17. The Labute approximate surface area is 106 Å². The summed E-state index contributed by atoms with van der Waals surface area (Å²) in [5.74, 6) is 0.824. The number of aromatic nitrogens is 1. The van der Waals surface area contributed by atoms with E-state index in [2.05, 4.69) is 4.98 Å². The first-order chi connectivity index (χ1) is 8.78. The summed E-state index contributed by atoms with van der Waals surface area (Å²) < 4.78 is 5.21. The van der Waals surface area contributed by atoms with E-state index in [4.69, 9.17) is 14.9 Å². The molecule has 0 atom stereocenters. The maximum absolute atomic E-state index is 8.99. The van der Waals surface area contributed by atoms with Gasteiger partial charge in [0.25, 0.3) is 0 Å². The van der Waals surface area contributed by atoms with Crippen LogP contribution in [0, 0.1) is 0 Å². The SMILES string of the molecule is COc1ccc2[nH]cc(CCN(CO)CO)c2c1. The van der Waals surface area contributed by atoms with Crippen LogP contribution in [-0.2, 0) is 6.42 Å². The first-order valence-electron chi connectivity index (χ1n) is 5.86. The van der Waals surface area contributed by atoms with E-state index in [1.54, 1.807) is 12.0 Å². The zero-order chi connectivity index (χ0) is 13.0. The monoisotopic (exact) mass is 250 g/mol. The molecule has 0 bridgehead atoms. The lowest BCUT2D eigenvalue weighted by Gasteiger charge is -2.15. The Hall–Kier alpha value is -1.56. The van der Waals surface area contributed by atoms with Crippen molar-refractivity contribution in [3.8, 4) is 5.75 Å². The van der Waals surface area contributed by atoms with Gasteiger partial charge in [0, 0.05) is 23.6 Å². The smallest absolute Gasteiger partial charge is 0.119 e. The third-order valence-corrected chi connectivity index (χ3v) is 3.07. The minimum Gasteiger partial charge on any atom is -0.497 e. The first-order valence-corrected chi connectivity index (χ1v) is 5.86. The fraction of sp³-hybridized carbons (Fsp3) is 0.385. The molecule has 0 amide bonds. The van der Waals surface area contributed by atoms with Gasteiger partial charge in [0.1, 0.15) is 5.75 Å². The second-order valence-corrected chi connectivity index (χ2v) is 4.15. The van der Waals surface area contributed by atoms with E-state index in [1.807, 2.05) is 24.4 Å². The molecule has 5 heteroatoms. The molecule has 2 rings (SSSR count). The molecule has 0 saturated carbocycles. The zero-order valence-corrected chi connectivity index (χ0v) is 10.4. The summed E-state index contributed by atoms with van der Waals surface area (Å²) in [7, 11) is 1.65. The number of ether oxygens (including phenoxy) is 1. The minimum absolute atomic E-state index is 0.137. The molecule has 0 spiro atoms. The van der Waals surface area contributed by atoms with Crippen LogP contribution in [0.2, 0.25) is 0 Å². The maximum atomic E-state index is 8.99. The van der Waals surface area contributed by atoms with Gasteiger partial charge in [0.05, 0.1) is 20.6 Å². The molecule has 1 aromatic carbocycles. The molecule has 0 aliphatic rings. The molecule has 3 N–H and O–H groups in total. The van der Waals surface area contributed by atoms with Crippen molar-refractivity contribution in [3.63, 3.8) is 0 Å². The molecule has 2 aromatic rings. The van der Waals surface area contributed by atoms with Crippen molar-refractivity contribution in [1.29, 1.82) is 0 Å². The molecule has 0 unspecified atom stereocenters. The summed E-state index contributed by atoms with van der Waals surface area (Å²) in [6.45, 7) is 0.335. The van der Waals surface area contributed by atoms with Gasteiger partial charge in [-0.05, 0) is 30.2 Å². The van der Waals surface area contributed by atoms with E-state index in [0.29, 0.717) is 6.54 Å². The summed E-state index contributed by atoms with van der Waals surface area (Å²) >= 11 is 0. The quantitative estimate of drug-likeness (QED) is 0.667. The van der Waals surface area contributed by atoms with Gasteiger partial charge >= 0.3 is 0 Å². The van der Waals surface area contributed by atoms with Gasteiger partial charge in [0.2, 0.25) is 0 Å². The highest BCUT2D eigenvalue weighted by molar-refractivity contribution is 5.84. The molecule has 1 aromatic heterocycles. The van der Waals surface area contributed by atoms with Crippen molar-refractivity contribution in [2.45, 2.75) is 6.42 Å². The van der Waals surface area contributed by atoms with Gasteiger partial charge in [-0.25, -0.2) is 0 Å². The van der Waals surface area contributed by atoms with Crippen LogP contribution in [0.3, 0.4) is 0 Å². The number of hydrogen-bond donors (Lipinski definition) is 3. The molecule has 0 fully saturated rings. The van der Waals surface area contributed by atoms with Crippen molar-refractivity contribution in [1.82, 2.24) is 9.88 Å². The summed E-state index contributed by atoms with van der Waals surface area (Å²) in [6.07, 6.45) is 2.71. The van der Waals surface area contributed by atoms with Crippen LogP contribution in [0.15, 0.2) is 24.4 Å². The highest BCUT2D eigenvalue weighted by Crippen LogP contribution is 2.23. The second kappa shape index (κ2) is 5.86. The average Bonchev–Trinajstić information content (AvgIpc) is 2.82. The average molecular weight is 250 g/mol. The molecule has 98 valence electrons. The Morgan fingerprint density at radius 3 is 2.72 bits per heavy atom. The number of nitrogens with zero attached hydrogens (tertiary/aromatic N) is 1. The van der Waals surface area contributed by atoms with E-state index >= 15 is 0 Å². The number of aliphatic hydroxyl groups is 2. The van der Waals surface area contributed by atoms with E-state index in [0.717, 1.165) is 28.6 Å². The number of hydrogen-bond acceptors (Lipinski definition) is 4. The summed E-state index contributed by atoms with van der Waals surface area (Å²) in [5.41, 5.74) is 2.21. The number of fused-ring (bicyclic) bond motifs is 1. The van der Waals surface area contributed by atoms with Crippen LogP contribution in [0.4, 0.5) is 0 Å². The van der Waals surface area contributed by atoms with Crippen molar-refractivity contribution >= 4 is 10.9 Å². The maximum Gasteiger partial charge on any atom is 0.119 e. The number of aromatic amines is 1. The van der Waals surface area contributed by atoms with Gasteiger partial charge < -0.3 is 19.9 Å². The molecule has 0 saturated heterocycles. The topological polar surface area (TPSA) is 68.7 Å². The molecular weight excluding hydrogens is 232 g/mol. The third-order valence-electron chi connectivity index (χ3n) is 3.07. The molecule has 5 nitrogen and oxygen atoms in total. The van der Waals surface area contributed by atoms with Crippen molar-refractivity contribution < 1.29 is 14.9 Å². The molecule has 0 aliphatic heterocycles. The van der Waals surface area contributed by atoms with Gasteiger partial charge in [0.15, 0.2) is 0 Å². The Morgan fingerprint density at radius 1 is 1.28 bits per heavy atom. The fourth-order valence-electron chi connectivity index (χ4n) is 1.96. The minimum atomic E-state index is -0.137. The van der Waals surface area contributed by atoms with Crippen molar-refractivity contribution in [3.05, 3.63) is 30.0 Å². The lowest BCUT2D eigenvalue weighted by Crippen LogP contribution is -2.27. The van der Waals surface area contributed by atoms with Crippen LogP contribution in [0.1, 0.15) is 5.56 Å². The number of benzene rings is 1. The van der Waals surface area contributed by atoms with Gasteiger partial charge in [-0.1, -0.05) is 0 Å². The van der Waals surface area contributed by atoms with Crippen LogP contribution < -0.4 is 4.74 Å². The van der Waals surface area contributed by atoms with Crippen molar-refractivity contribution in [2.75, 3.05) is 27.1 Å². The summed E-state index contributed by atoms with van der Waals surface area (Å²) in [6, 6.07) is 5.88. The number of nitrogens with one attached hydrogen (secondary N) is 1. The van der Waals surface area contributed by atoms with Gasteiger partial charge in [-0.3, -0.25) is 4.90 Å².